The fourth-order valence-corrected chi connectivity index (χ4v) is 2.45. The minimum atomic E-state index is -0.408. The van der Waals surface area contributed by atoms with E-state index in [1.165, 1.54) is 18.2 Å². The molecule has 0 saturated carbocycles. The summed E-state index contributed by atoms with van der Waals surface area (Å²) < 4.78 is 13.2. The Labute approximate surface area is 124 Å². The van der Waals surface area contributed by atoms with E-state index in [0.717, 1.165) is 12.8 Å². The van der Waals surface area contributed by atoms with Crippen LogP contribution < -0.4 is 0 Å². The number of hydrogen-bond acceptors (Lipinski definition) is 2. The Hall–Kier alpha value is -1.91. The quantitative estimate of drug-likeness (QED) is 0.854. The third kappa shape index (κ3) is 4.03. The molecule has 2 rings (SSSR count). The SMILES string of the molecule is CCCCC(=O)N1CCN(C(=O)c2cccc(F)c2)CC1. The summed E-state index contributed by atoms with van der Waals surface area (Å²) in [7, 11) is 0. The normalized spacial score (nSPS) is 15.1. The van der Waals surface area contributed by atoms with Gasteiger partial charge in [0, 0.05) is 38.2 Å². The Morgan fingerprint density at radius 2 is 1.81 bits per heavy atom. The molecule has 21 heavy (non-hydrogen) atoms. The lowest BCUT2D eigenvalue weighted by atomic mass is 10.1. The topological polar surface area (TPSA) is 40.6 Å². The Morgan fingerprint density at radius 1 is 1.14 bits per heavy atom. The molecule has 114 valence electrons. The molecule has 1 heterocycles. The highest BCUT2D eigenvalue weighted by atomic mass is 19.1. The zero-order valence-corrected chi connectivity index (χ0v) is 12.3. The molecule has 1 saturated heterocycles. The molecule has 2 amide bonds. The smallest absolute Gasteiger partial charge is 0.254 e. The molecule has 1 aliphatic heterocycles. The first-order valence-corrected chi connectivity index (χ1v) is 7.44. The summed E-state index contributed by atoms with van der Waals surface area (Å²) in [4.78, 5) is 27.7. The maximum absolute atomic E-state index is 13.2. The average Bonchev–Trinajstić information content (AvgIpc) is 2.52. The van der Waals surface area contributed by atoms with Gasteiger partial charge in [-0.3, -0.25) is 9.59 Å². The van der Waals surface area contributed by atoms with Gasteiger partial charge in [0.1, 0.15) is 5.82 Å². The van der Waals surface area contributed by atoms with Crippen LogP contribution in [0, 0.1) is 5.82 Å². The van der Waals surface area contributed by atoms with Crippen LogP contribution in [-0.2, 0) is 4.79 Å². The number of piperazine rings is 1. The first kappa shape index (κ1) is 15.5. The first-order valence-electron chi connectivity index (χ1n) is 7.44. The van der Waals surface area contributed by atoms with E-state index in [1.807, 2.05) is 4.90 Å². The summed E-state index contributed by atoms with van der Waals surface area (Å²) in [6.45, 7) is 4.19. The molecule has 0 aliphatic carbocycles. The van der Waals surface area contributed by atoms with Crippen LogP contribution in [0.1, 0.15) is 36.5 Å². The summed E-state index contributed by atoms with van der Waals surface area (Å²) in [6.07, 6.45) is 2.49. The molecular weight excluding hydrogens is 271 g/mol. The van der Waals surface area contributed by atoms with Crippen LogP contribution >= 0.6 is 0 Å². The minimum absolute atomic E-state index is 0.162. The molecule has 0 aromatic heterocycles. The number of nitrogens with zero attached hydrogens (tertiary/aromatic N) is 2. The van der Waals surface area contributed by atoms with Crippen LogP contribution in [0.3, 0.4) is 0 Å². The number of benzene rings is 1. The van der Waals surface area contributed by atoms with E-state index in [1.54, 1.807) is 11.0 Å². The van der Waals surface area contributed by atoms with Crippen molar-refractivity contribution >= 4 is 11.8 Å². The summed E-state index contributed by atoms with van der Waals surface area (Å²) in [5.41, 5.74) is 0.362. The van der Waals surface area contributed by atoms with Crippen molar-refractivity contribution in [2.45, 2.75) is 26.2 Å². The second-order valence-corrected chi connectivity index (χ2v) is 5.29. The highest BCUT2D eigenvalue weighted by Gasteiger charge is 2.24. The molecular formula is C16H21FN2O2. The van der Waals surface area contributed by atoms with Crippen LogP contribution in [0.2, 0.25) is 0 Å². The second-order valence-electron chi connectivity index (χ2n) is 5.29. The van der Waals surface area contributed by atoms with Crippen LogP contribution in [0.25, 0.3) is 0 Å². The van der Waals surface area contributed by atoms with Gasteiger partial charge in [-0.2, -0.15) is 0 Å². The number of carbonyl (C=O) groups excluding carboxylic acids is 2. The van der Waals surface area contributed by atoms with Crippen molar-refractivity contribution in [3.05, 3.63) is 35.6 Å². The number of carbonyl (C=O) groups is 2. The van der Waals surface area contributed by atoms with Gasteiger partial charge in [-0.05, 0) is 24.6 Å². The predicted octanol–water partition coefficient (Wildman–Crippen LogP) is 2.30. The van der Waals surface area contributed by atoms with Crippen LogP contribution in [0.15, 0.2) is 24.3 Å². The summed E-state index contributed by atoms with van der Waals surface area (Å²) in [5, 5.41) is 0. The van der Waals surface area contributed by atoms with Gasteiger partial charge in [-0.1, -0.05) is 19.4 Å². The largest absolute Gasteiger partial charge is 0.339 e. The molecule has 0 bridgehead atoms. The highest BCUT2D eigenvalue weighted by molar-refractivity contribution is 5.94. The van der Waals surface area contributed by atoms with Crippen molar-refractivity contribution in [1.82, 2.24) is 9.80 Å². The lowest BCUT2D eigenvalue weighted by Crippen LogP contribution is -2.50. The van der Waals surface area contributed by atoms with Gasteiger partial charge in [0.05, 0.1) is 0 Å². The monoisotopic (exact) mass is 292 g/mol. The van der Waals surface area contributed by atoms with E-state index >= 15 is 0 Å². The number of amides is 2. The summed E-state index contributed by atoms with van der Waals surface area (Å²) >= 11 is 0. The molecule has 0 radical (unpaired) electrons. The molecule has 1 fully saturated rings. The van der Waals surface area contributed by atoms with E-state index in [4.69, 9.17) is 0 Å². The maximum atomic E-state index is 13.2. The standard InChI is InChI=1S/C16H21FN2O2/c1-2-3-7-15(20)18-8-10-19(11-9-18)16(21)13-5-4-6-14(17)12-13/h4-6,12H,2-3,7-11H2,1H3. The lowest BCUT2D eigenvalue weighted by Gasteiger charge is -2.35. The van der Waals surface area contributed by atoms with E-state index in [9.17, 15) is 14.0 Å². The third-order valence-corrected chi connectivity index (χ3v) is 3.74. The Balaban J connectivity index is 1.89. The third-order valence-electron chi connectivity index (χ3n) is 3.74. The molecule has 4 nitrogen and oxygen atoms in total. The minimum Gasteiger partial charge on any atom is -0.339 e. The van der Waals surface area contributed by atoms with Crippen molar-refractivity contribution < 1.29 is 14.0 Å². The van der Waals surface area contributed by atoms with Gasteiger partial charge < -0.3 is 9.80 Å². The van der Waals surface area contributed by atoms with Crippen LogP contribution in [0.4, 0.5) is 4.39 Å². The van der Waals surface area contributed by atoms with Gasteiger partial charge in [0.25, 0.3) is 5.91 Å². The van der Waals surface area contributed by atoms with Crippen molar-refractivity contribution in [3.63, 3.8) is 0 Å². The van der Waals surface area contributed by atoms with Gasteiger partial charge in [0.15, 0.2) is 0 Å². The maximum Gasteiger partial charge on any atom is 0.254 e. The first-order chi connectivity index (χ1) is 10.1. The second kappa shape index (κ2) is 7.20. The van der Waals surface area contributed by atoms with Crippen LogP contribution in [-0.4, -0.2) is 47.8 Å². The highest BCUT2D eigenvalue weighted by Crippen LogP contribution is 2.11. The zero-order chi connectivity index (χ0) is 15.2. The number of rotatable bonds is 4. The molecule has 1 aromatic rings. The molecule has 0 unspecified atom stereocenters. The summed E-state index contributed by atoms with van der Waals surface area (Å²) in [5.74, 6) is -0.418. The summed E-state index contributed by atoms with van der Waals surface area (Å²) in [6, 6.07) is 5.72. The zero-order valence-electron chi connectivity index (χ0n) is 12.3. The van der Waals surface area contributed by atoms with Crippen molar-refractivity contribution in [3.8, 4) is 0 Å². The van der Waals surface area contributed by atoms with E-state index in [-0.39, 0.29) is 11.8 Å². The van der Waals surface area contributed by atoms with Crippen molar-refractivity contribution in [1.29, 1.82) is 0 Å². The number of unbranched alkanes of at least 4 members (excludes halogenated alkanes) is 1. The Kier molecular flexibility index (Phi) is 5.31. The van der Waals surface area contributed by atoms with Gasteiger partial charge in [0.2, 0.25) is 5.91 Å². The molecule has 0 spiro atoms. The molecule has 0 atom stereocenters. The van der Waals surface area contributed by atoms with E-state index < -0.39 is 5.82 Å². The van der Waals surface area contributed by atoms with Gasteiger partial charge in [-0.15, -0.1) is 0 Å². The molecule has 5 heteroatoms. The van der Waals surface area contributed by atoms with E-state index in [0.29, 0.717) is 38.2 Å². The predicted molar refractivity (Wildman–Crippen MR) is 78.4 cm³/mol. The van der Waals surface area contributed by atoms with Crippen molar-refractivity contribution in [2.24, 2.45) is 0 Å². The molecule has 1 aromatic carbocycles. The van der Waals surface area contributed by atoms with Gasteiger partial charge >= 0.3 is 0 Å². The number of hydrogen-bond donors (Lipinski definition) is 0. The van der Waals surface area contributed by atoms with E-state index in [2.05, 4.69) is 6.92 Å². The lowest BCUT2D eigenvalue weighted by molar-refractivity contribution is -0.132. The van der Waals surface area contributed by atoms with Crippen molar-refractivity contribution in [2.75, 3.05) is 26.2 Å². The molecule has 0 N–H and O–H groups in total. The Morgan fingerprint density at radius 3 is 2.43 bits per heavy atom. The number of halogens is 1. The average molecular weight is 292 g/mol. The Bertz CT molecular complexity index is 511. The fourth-order valence-electron chi connectivity index (χ4n) is 2.45. The fraction of sp³-hybridized carbons (Fsp3) is 0.500. The molecule has 1 aliphatic rings. The van der Waals surface area contributed by atoms with Crippen LogP contribution in [0.5, 0.6) is 0 Å². The van der Waals surface area contributed by atoms with Gasteiger partial charge in [-0.25, -0.2) is 4.39 Å².